The predicted molar refractivity (Wildman–Crippen MR) is 130 cm³/mol. The van der Waals surface area contributed by atoms with Crippen LogP contribution >= 0.6 is 36.2 Å². The van der Waals surface area contributed by atoms with E-state index < -0.39 is 11.7 Å². The van der Waals surface area contributed by atoms with Crippen LogP contribution in [0.15, 0.2) is 17.5 Å². The van der Waals surface area contributed by atoms with Gasteiger partial charge >= 0.3 is 0 Å². The number of nitrogens with one attached hydrogen (secondary N) is 2. The van der Waals surface area contributed by atoms with Gasteiger partial charge in [-0.2, -0.15) is 0 Å². The van der Waals surface area contributed by atoms with Crippen LogP contribution in [0.1, 0.15) is 48.5 Å². The number of thiazole rings is 1. The van der Waals surface area contributed by atoms with Crippen molar-refractivity contribution in [1.29, 1.82) is 0 Å². The number of aromatic nitrogens is 1. The molecule has 0 saturated heterocycles. The fourth-order valence-corrected chi connectivity index (χ4v) is 3.69. The zero-order valence-electron chi connectivity index (χ0n) is 18.5. The van der Waals surface area contributed by atoms with Crippen molar-refractivity contribution in [3.05, 3.63) is 28.8 Å². The number of halogens is 2. The van der Waals surface area contributed by atoms with Crippen LogP contribution in [-0.4, -0.2) is 64.2 Å². The first kappa shape index (κ1) is 29.7. The summed E-state index contributed by atoms with van der Waals surface area (Å²) in [6.07, 6.45) is 0. The minimum atomic E-state index is -0.642. The summed E-state index contributed by atoms with van der Waals surface area (Å²) in [5, 5.41) is 26.7. The van der Waals surface area contributed by atoms with E-state index in [0.717, 1.165) is 23.9 Å². The molecule has 0 saturated carbocycles. The number of amides is 2. The van der Waals surface area contributed by atoms with Crippen molar-refractivity contribution in [3.63, 3.8) is 0 Å². The Bertz CT molecular complexity index is 900. The second kappa shape index (κ2) is 13.3. The van der Waals surface area contributed by atoms with Gasteiger partial charge in [0.05, 0.1) is 12.7 Å². The molecule has 4 N–H and O–H groups in total. The van der Waals surface area contributed by atoms with Gasteiger partial charge in [0.2, 0.25) is 0 Å². The molecule has 0 bridgehead atoms. The maximum atomic E-state index is 12.4. The number of carbonyl (C=O) groups is 2. The van der Waals surface area contributed by atoms with Crippen molar-refractivity contribution < 1.29 is 24.5 Å². The van der Waals surface area contributed by atoms with E-state index in [0.29, 0.717) is 18.6 Å². The Morgan fingerprint density at radius 2 is 1.72 bits per heavy atom. The van der Waals surface area contributed by atoms with Gasteiger partial charge in [0, 0.05) is 42.7 Å². The molecule has 0 unspecified atom stereocenters. The van der Waals surface area contributed by atoms with E-state index in [4.69, 9.17) is 4.74 Å². The van der Waals surface area contributed by atoms with Crippen molar-refractivity contribution in [3.8, 4) is 17.2 Å². The van der Waals surface area contributed by atoms with Gasteiger partial charge in [-0.3, -0.25) is 19.8 Å². The molecule has 0 radical (unpaired) electrons. The number of phenolic OH excluding ortho intramolecular Hbond substituents is 2. The lowest BCUT2D eigenvalue weighted by Gasteiger charge is -2.30. The normalized spacial score (nSPS) is 10.5. The molecule has 1 aromatic heterocycles. The first-order valence-electron chi connectivity index (χ1n) is 9.54. The zero-order chi connectivity index (χ0) is 22.4. The maximum absolute atomic E-state index is 12.4. The van der Waals surface area contributed by atoms with Crippen molar-refractivity contribution in [1.82, 2.24) is 15.2 Å². The Labute approximate surface area is 204 Å². The molecule has 0 spiro atoms. The molecular formula is C20H30Cl2N4O5S. The lowest BCUT2D eigenvalue weighted by molar-refractivity contribution is 0.0934. The molecule has 2 rings (SSSR count). The van der Waals surface area contributed by atoms with Gasteiger partial charge < -0.3 is 20.3 Å². The number of ether oxygens (including phenoxy) is 1. The maximum Gasteiger partial charge on any atom is 0.270 e. The number of carbonyl (C=O) groups excluding carboxylic acids is 2. The Morgan fingerprint density at radius 3 is 2.28 bits per heavy atom. The fraction of sp³-hybridized carbons (Fsp3) is 0.450. The highest BCUT2D eigenvalue weighted by molar-refractivity contribution is 7.14. The van der Waals surface area contributed by atoms with Crippen LogP contribution < -0.4 is 15.4 Å². The molecule has 1 aromatic carbocycles. The van der Waals surface area contributed by atoms with Gasteiger partial charge in [-0.15, -0.1) is 36.2 Å². The van der Waals surface area contributed by atoms with E-state index >= 15 is 0 Å². The summed E-state index contributed by atoms with van der Waals surface area (Å²) in [6.45, 7) is 9.64. The number of nitrogens with zero attached hydrogens (tertiary/aromatic N) is 2. The average Bonchev–Trinajstić information content (AvgIpc) is 3.13. The predicted octanol–water partition coefficient (Wildman–Crippen LogP) is 3.51. The molecule has 0 fully saturated rings. The summed E-state index contributed by atoms with van der Waals surface area (Å²) in [4.78, 5) is 31.1. The van der Waals surface area contributed by atoms with Gasteiger partial charge in [-0.25, -0.2) is 4.98 Å². The smallest absolute Gasteiger partial charge is 0.270 e. The second-order valence-electron chi connectivity index (χ2n) is 7.21. The van der Waals surface area contributed by atoms with Crippen LogP contribution in [0.5, 0.6) is 17.2 Å². The Kier molecular flexibility index (Phi) is 12.4. The first-order valence-corrected chi connectivity index (χ1v) is 10.4. The Morgan fingerprint density at radius 1 is 1.09 bits per heavy atom. The summed E-state index contributed by atoms with van der Waals surface area (Å²) < 4.78 is 4.95. The molecule has 0 aliphatic heterocycles. The van der Waals surface area contributed by atoms with Crippen LogP contribution in [0.25, 0.3) is 0 Å². The third-order valence-electron chi connectivity index (χ3n) is 4.48. The number of rotatable bonds is 9. The number of hydrogen-bond donors (Lipinski definition) is 4. The molecule has 2 aromatic rings. The number of methoxy groups -OCH3 is 1. The standard InChI is InChI=1S/C20H28N4O5S.2ClH/c1-11(2)24(12(3)4)7-6-21-19(28)14-10-30-20(22-14)23-18(27)13-8-17(29-5)16(26)9-15(13)25;;/h8-12,25-26H,6-7H2,1-5H3,(H,21,28)(H,22,23,27);2*1H. The number of hydrogen-bond acceptors (Lipinski definition) is 8. The van der Waals surface area contributed by atoms with Gasteiger partial charge in [-0.1, -0.05) is 0 Å². The summed E-state index contributed by atoms with van der Waals surface area (Å²) in [5.41, 5.74) is 0.108. The Hall–Kier alpha value is -2.27. The molecular weight excluding hydrogens is 479 g/mol. The second-order valence-corrected chi connectivity index (χ2v) is 8.07. The van der Waals surface area contributed by atoms with Crippen molar-refractivity contribution in [2.24, 2.45) is 0 Å². The molecule has 1 heterocycles. The highest BCUT2D eigenvalue weighted by Crippen LogP contribution is 2.33. The Balaban J connectivity index is 0.00000480. The van der Waals surface area contributed by atoms with Crippen molar-refractivity contribution >= 4 is 53.1 Å². The van der Waals surface area contributed by atoms with E-state index in [-0.39, 0.29) is 58.6 Å². The van der Waals surface area contributed by atoms with Gasteiger partial charge in [0.15, 0.2) is 16.6 Å². The van der Waals surface area contributed by atoms with E-state index in [9.17, 15) is 19.8 Å². The summed E-state index contributed by atoms with van der Waals surface area (Å²) in [7, 11) is 1.33. The SMILES string of the molecule is COc1cc(C(=O)Nc2nc(C(=O)NCCN(C(C)C)C(C)C)cs2)c(O)cc1O.Cl.Cl. The van der Waals surface area contributed by atoms with Crippen LogP contribution in [0, 0.1) is 0 Å². The number of anilines is 1. The lowest BCUT2D eigenvalue weighted by atomic mass is 10.1. The summed E-state index contributed by atoms with van der Waals surface area (Å²) in [5.74, 6) is -1.60. The molecule has 2 amide bonds. The molecule has 0 atom stereocenters. The minimum absolute atomic E-state index is 0. The molecule has 0 aliphatic carbocycles. The van der Waals surface area contributed by atoms with Gasteiger partial charge in [0.1, 0.15) is 11.4 Å². The van der Waals surface area contributed by atoms with E-state index in [1.807, 2.05) is 0 Å². The third-order valence-corrected chi connectivity index (χ3v) is 5.24. The molecule has 9 nitrogen and oxygen atoms in total. The summed E-state index contributed by atoms with van der Waals surface area (Å²) >= 11 is 1.09. The third kappa shape index (κ3) is 7.70. The number of phenols is 2. The monoisotopic (exact) mass is 508 g/mol. The molecule has 0 aliphatic rings. The quantitative estimate of drug-likeness (QED) is 0.408. The fourth-order valence-electron chi connectivity index (χ4n) is 3.00. The van der Waals surface area contributed by atoms with Crippen molar-refractivity contribution in [2.45, 2.75) is 39.8 Å². The van der Waals surface area contributed by atoms with Crippen LogP contribution in [0.2, 0.25) is 0 Å². The van der Waals surface area contributed by atoms with Crippen molar-refractivity contribution in [2.75, 3.05) is 25.5 Å². The highest BCUT2D eigenvalue weighted by atomic mass is 35.5. The largest absolute Gasteiger partial charge is 0.507 e. The van der Waals surface area contributed by atoms with Crippen LogP contribution in [0.3, 0.4) is 0 Å². The summed E-state index contributed by atoms with van der Waals surface area (Å²) in [6, 6.07) is 2.98. The minimum Gasteiger partial charge on any atom is -0.507 e. The van der Waals surface area contributed by atoms with E-state index in [1.165, 1.54) is 13.2 Å². The molecule has 180 valence electrons. The lowest BCUT2D eigenvalue weighted by Crippen LogP contribution is -2.42. The zero-order valence-corrected chi connectivity index (χ0v) is 21.0. The number of aromatic hydroxyl groups is 2. The highest BCUT2D eigenvalue weighted by Gasteiger charge is 2.19. The average molecular weight is 509 g/mol. The number of benzene rings is 1. The molecule has 32 heavy (non-hydrogen) atoms. The van der Waals surface area contributed by atoms with Crippen LogP contribution in [-0.2, 0) is 0 Å². The van der Waals surface area contributed by atoms with Gasteiger partial charge in [-0.05, 0) is 27.7 Å². The van der Waals surface area contributed by atoms with Gasteiger partial charge in [0.25, 0.3) is 11.8 Å². The topological polar surface area (TPSA) is 124 Å². The van der Waals surface area contributed by atoms with E-state index in [2.05, 4.69) is 48.2 Å². The first-order chi connectivity index (χ1) is 14.1. The molecule has 12 heteroatoms. The van der Waals surface area contributed by atoms with E-state index in [1.54, 1.807) is 5.38 Å². The van der Waals surface area contributed by atoms with Crippen LogP contribution in [0.4, 0.5) is 5.13 Å².